The first-order chi connectivity index (χ1) is 10.6. The molecule has 1 saturated heterocycles. The van der Waals surface area contributed by atoms with Gasteiger partial charge in [-0.3, -0.25) is 9.69 Å². The van der Waals surface area contributed by atoms with Gasteiger partial charge in [0.2, 0.25) is 0 Å². The fourth-order valence-corrected chi connectivity index (χ4v) is 4.03. The summed E-state index contributed by atoms with van der Waals surface area (Å²) >= 11 is 0. The molecule has 0 aromatic carbocycles. The zero-order valence-corrected chi connectivity index (χ0v) is 13.2. The number of hydrogen-bond acceptors (Lipinski definition) is 3. The number of β-lactam (4-membered cyclic amide) rings is 1. The summed E-state index contributed by atoms with van der Waals surface area (Å²) in [6.45, 7) is 4.61. The fourth-order valence-electron chi connectivity index (χ4n) is 4.03. The number of nitrogens with zero attached hydrogens (tertiary/aromatic N) is 1. The number of amides is 1. The molecule has 2 aliphatic heterocycles. The molecule has 3 rings (SSSR count). The van der Waals surface area contributed by atoms with Gasteiger partial charge in [0.15, 0.2) is 0 Å². The van der Waals surface area contributed by atoms with Crippen molar-refractivity contribution in [1.82, 2.24) is 4.90 Å². The number of carbonyl (C=O) groups excluding carboxylic acids is 1. The number of carboxylic acid groups (broad SMARTS) is 1. The molecule has 22 heavy (non-hydrogen) atoms. The van der Waals surface area contributed by atoms with Crippen molar-refractivity contribution in [3.05, 3.63) is 22.9 Å². The Morgan fingerprint density at radius 1 is 1.45 bits per heavy atom. The molecule has 120 valence electrons. The zero-order chi connectivity index (χ0) is 15.9. The average molecular weight is 305 g/mol. The predicted octanol–water partition coefficient (Wildman–Crippen LogP) is 2.48. The van der Waals surface area contributed by atoms with E-state index in [1.54, 1.807) is 0 Å². The van der Waals surface area contributed by atoms with Gasteiger partial charge in [0.25, 0.3) is 5.91 Å². The molecule has 1 saturated carbocycles. The Kier molecular flexibility index (Phi) is 4.08. The van der Waals surface area contributed by atoms with Gasteiger partial charge in [-0.1, -0.05) is 19.4 Å². The Hall–Kier alpha value is -1.62. The van der Waals surface area contributed by atoms with E-state index in [4.69, 9.17) is 4.74 Å². The second-order valence-corrected chi connectivity index (χ2v) is 6.22. The van der Waals surface area contributed by atoms with Crippen molar-refractivity contribution in [2.75, 3.05) is 6.61 Å². The van der Waals surface area contributed by atoms with Crippen LogP contribution < -0.4 is 0 Å². The topological polar surface area (TPSA) is 66.8 Å². The van der Waals surface area contributed by atoms with Crippen LogP contribution in [-0.2, 0) is 14.3 Å². The lowest BCUT2D eigenvalue weighted by atomic mass is 9.75. The van der Waals surface area contributed by atoms with E-state index in [0.29, 0.717) is 6.61 Å². The van der Waals surface area contributed by atoms with Gasteiger partial charge < -0.3 is 9.84 Å². The highest BCUT2D eigenvalue weighted by atomic mass is 16.5. The normalized spacial score (nSPS) is 32.1. The molecule has 1 amide bonds. The number of fused-ring (bicyclic) bond motifs is 3. The van der Waals surface area contributed by atoms with Gasteiger partial charge in [0.1, 0.15) is 5.70 Å². The monoisotopic (exact) mass is 305 g/mol. The van der Waals surface area contributed by atoms with E-state index in [-0.39, 0.29) is 29.7 Å². The van der Waals surface area contributed by atoms with Crippen LogP contribution >= 0.6 is 0 Å². The fraction of sp³-hybridized carbons (Fsp3) is 0.647. The number of ether oxygens (including phenoxy) is 1. The van der Waals surface area contributed by atoms with Gasteiger partial charge in [-0.15, -0.1) is 0 Å². The van der Waals surface area contributed by atoms with E-state index < -0.39 is 5.97 Å². The van der Waals surface area contributed by atoms with Crippen LogP contribution in [0.5, 0.6) is 0 Å². The number of unbranched alkanes of at least 4 members (excludes halogenated alkanes) is 1. The first-order valence-electron chi connectivity index (χ1n) is 8.20. The van der Waals surface area contributed by atoms with Crippen molar-refractivity contribution in [3.8, 4) is 0 Å². The highest BCUT2D eigenvalue weighted by Gasteiger charge is 2.58. The summed E-state index contributed by atoms with van der Waals surface area (Å²) in [5.41, 5.74) is 1.80. The third kappa shape index (κ3) is 2.10. The molecule has 0 aromatic heterocycles. The summed E-state index contributed by atoms with van der Waals surface area (Å²) < 4.78 is 5.97. The van der Waals surface area contributed by atoms with Crippen LogP contribution in [0.15, 0.2) is 22.9 Å². The van der Waals surface area contributed by atoms with Crippen molar-refractivity contribution in [2.24, 2.45) is 5.92 Å². The van der Waals surface area contributed by atoms with Crippen LogP contribution in [-0.4, -0.2) is 40.6 Å². The van der Waals surface area contributed by atoms with Crippen molar-refractivity contribution in [2.45, 2.75) is 58.1 Å². The molecule has 2 heterocycles. The minimum atomic E-state index is -1.00. The Morgan fingerprint density at radius 2 is 2.23 bits per heavy atom. The van der Waals surface area contributed by atoms with Crippen molar-refractivity contribution < 1.29 is 19.4 Å². The number of allylic oxidation sites excluding steroid dienone is 1. The molecular formula is C17H23NO4. The average Bonchev–Trinajstić information content (AvgIpc) is 2.80. The third-order valence-corrected chi connectivity index (χ3v) is 5.02. The van der Waals surface area contributed by atoms with E-state index in [1.807, 2.05) is 13.0 Å². The van der Waals surface area contributed by atoms with Crippen molar-refractivity contribution >= 4 is 11.9 Å². The molecular weight excluding hydrogens is 282 g/mol. The first kappa shape index (κ1) is 15.3. The summed E-state index contributed by atoms with van der Waals surface area (Å²) in [5, 5.41) is 9.61. The largest absolute Gasteiger partial charge is 0.477 e. The molecule has 3 atom stereocenters. The molecule has 0 unspecified atom stereocenters. The molecule has 0 spiro atoms. The molecule has 1 aliphatic carbocycles. The molecule has 1 N–H and O–H groups in total. The van der Waals surface area contributed by atoms with Gasteiger partial charge in [-0.25, -0.2) is 4.79 Å². The van der Waals surface area contributed by atoms with Gasteiger partial charge in [-0.05, 0) is 38.2 Å². The summed E-state index contributed by atoms with van der Waals surface area (Å²) in [4.78, 5) is 25.4. The number of aliphatic carboxylic acids is 1. The molecule has 5 heteroatoms. The number of rotatable bonds is 5. The second kappa shape index (κ2) is 5.88. The standard InChI is InChI=1S/C17H23NO4/c1-3-5-9-22-12-8-6-7-11-13(12)15(17(20)21)18-14(11)10(4-2)16(18)19/h4,11-12,14H,3,5-9H2,1-2H3,(H,20,21)/b10-4+/t11-,12-,14-/m0/s1. The number of hydrogen-bond donors (Lipinski definition) is 1. The summed E-state index contributed by atoms with van der Waals surface area (Å²) in [6, 6.07) is -0.0730. The van der Waals surface area contributed by atoms with Gasteiger partial charge in [0, 0.05) is 18.1 Å². The first-order valence-corrected chi connectivity index (χ1v) is 8.20. The van der Waals surface area contributed by atoms with Gasteiger partial charge in [0.05, 0.1) is 12.1 Å². The molecule has 2 fully saturated rings. The maximum atomic E-state index is 12.2. The Bertz CT molecular complexity index is 563. The van der Waals surface area contributed by atoms with E-state index in [9.17, 15) is 14.7 Å². The maximum Gasteiger partial charge on any atom is 0.352 e. The van der Waals surface area contributed by atoms with Crippen LogP contribution in [0.25, 0.3) is 0 Å². The van der Waals surface area contributed by atoms with E-state index in [1.165, 1.54) is 4.90 Å². The highest BCUT2D eigenvalue weighted by Crippen LogP contribution is 2.51. The number of carboxylic acids is 1. The van der Waals surface area contributed by atoms with E-state index in [0.717, 1.165) is 43.3 Å². The smallest absolute Gasteiger partial charge is 0.352 e. The van der Waals surface area contributed by atoms with E-state index in [2.05, 4.69) is 6.92 Å². The lowest BCUT2D eigenvalue weighted by Gasteiger charge is -2.42. The van der Waals surface area contributed by atoms with Crippen LogP contribution in [0.4, 0.5) is 0 Å². The van der Waals surface area contributed by atoms with Crippen LogP contribution in [0, 0.1) is 5.92 Å². The summed E-state index contributed by atoms with van der Waals surface area (Å²) in [7, 11) is 0. The molecule has 0 aromatic rings. The lowest BCUT2D eigenvalue weighted by Crippen LogP contribution is -2.54. The molecule has 3 aliphatic rings. The van der Waals surface area contributed by atoms with Crippen LogP contribution in [0.3, 0.4) is 0 Å². The van der Waals surface area contributed by atoms with Gasteiger partial charge >= 0.3 is 5.97 Å². The third-order valence-electron chi connectivity index (χ3n) is 5.02. The second-order valence-electron chi connectivity index (χ2n) is 6.22. The van der Waals surface area contributed by atoms with Crippen molar-refractivity contribution in [1.29, 1.82) is 0 Å². The minimum absolute atomic E-state index is 0.0730. The summed E-state index contributed by atoms with van der Waals surface area (Å²) in [5.74, 6) is -1.04. The molecule has 0 radical (unpaired) electrons. The highest BCUT2D eigenvalue weighted by molar-refractivity contribution is 6.09. The van der Waals surface area contributed by atoms with Crippen LogP contribution in [0.2, 0.25) is 0 Å². The quantitative estimate of drug-likeness (QED) is 0.481. The lowest BCUT2D eigenvalue weighted by molar-refractivity contribution is -0.142. The molecule has 0 bridgehead atoms. The van der Waals surface area contributed by atoms with Gasteiger partial charge in [-0.2, -0.15) is 0 Å². The Labute approximate surface area is 130 Å². The zero-order valence-electron chi connectivity index (χ0n) is 13.2. The SMILES string of the molecule is C/C=C1/C(=O)N2C(C(=O)O)=C3[C@@H](OCCCC)CCC[C@@H]3[C@H]12. The maximum absolute atomic E-state index is 12.2. The summed E-state index contributed by atoms with van der Waals surface area (Å²) in [6.07, 6.45) is 6.52. The Morgan fingerprint density at radius 3 is 2.86 bits per heavy atom. The Balaban J connectivity index is 1.93. The minimum Gasteiger partial charge on any atom is -0.477 e. The van der Waals surface area contributed by atoms with Crippen LogP contribution in [0.1, 0.15) is 46.0 Å². The van der Waals surface area contributed by atoms with E-state index >= 15 is 0 Å². The predicted molar refractivity (Wildman–Crippen MR) is 81.0 cm³/mol. The van der Waals surface area contributed by atoms with Crippen molar-refractivity contribution in [3.63, 3.8) is 0 Å². The molecule has 5 nitrogen and oxygen atoms in total. The number of carbonyl (C=O) groups is 2.